The van der Waals surface area contributed by atoms with Crippen molar-refractivity contribution < 1.29 is 4.79 Å². The fourth-order valence-corrected chi connectivity index (χ4v) is 1.50. The topological polar surface area (TPSA) is 47.2 Å². The quantitative estimate of drug-likeness (QED) is 0.592. The zero-order valence-corrected chi connectivity index (χ0v) is 9.27. The third-order valence-electron chi connectivity index (χ3n) is 2.16. The maximum absolute atomic E-state index is 10.2. The number of benzene rings is 1. The fraction of sp³-hybridized carbons (Fsp3) is 0.0909. The van der Waals surface area contributed by atoms with Crippen LogP contribution in [0.4, 0.5) is 5.82 Å². The highest BCUT2D eigenvalue weighted by Gasteiger charge is 2.05. The van der Waals surface area contributed by atoms with Crippen molar-refractivity contribution in [1.82, 2.24) is 9.78 Å². The summed E-state index contributed by atoms with van der Waals surface area (Å²) in [5.41, 5.74) is 1.67. The van der Waals surface area contributed by atoms with Crippen LogP contribution >= 0.6 is 11.6 Å². The maximum Gasteiger partial charge on any atom is 0.242 e. The van der Waals surface area contributed by atoms with Gasteiger partial charge in [0, 0.05) is 23.7 Å². The molecule has 5 heteroatoms. The zero-order chi connectivity index (χ0) is 11.5. The number of aliphatic imine (C=N–C) groups is 1. The largest absolute Gasteiger partial charge is 0.250 e. The van der Waals surface area contributed by atoms with Gasteiger partial charge in [0.25, 0.3) is 0 Å². The summed E-state index contributed by atoms with van der Waals surface area (Å²) in [7, 11) is 1.72. The minimum Gasteiger partial charge on any atom is -0.250 e. The van der Waals surface area contributed by atoms with E-state index in [1.54, 1.807) is 25.2 Å². The molecule has 80 valence electrons. The molecule has 1 heterocycles. The first-order chi connectivity index (χ1) is 7.70. The standard InChI is InChI=1S/C11H8ClN3O/c1-15-11(13-7-16)6-10(14-15)8-2-4-9(12)5-3-8/h2-6H,1H3. The Balaban J connectivity index is 2.45. The van der Waals surface area contributed by atoms with Crippen molar-refractivity contribution in [3.63, 3.8) is 0 Å². The first kappa shape index (κ1) is 10.6. The molecule has 0 N–H and O–H groups in total. The minimum absolute atomic E-state index is 0.472. The third kappa shape index (κ3) is 2.03. The number of aromatic nitrogens is 2. The second kappa shape index (κ2) is 4.31. The Hall–Kier alpha value is -1.90. The molecule has 0 saturated carbocycles. The van der Waals surface area contributed by atoms with E-state index in [-0.39, 0.29) is 0 Å². The van der Waals surface area contributed by atoms with Crippen molar-refractivity contribution >= 4 is 23.5 Å². The molecule has 0 aliphatic heterocycles. The summed E-state index contributed by atoms with van der Waals surface area (Å²) >= 11 is 5.79. The van der Waals surface area contributed by atoms with Gasteiger partial charge < -0.3 is 0 Å². The zero-order valence-electron chi connectivity index (χ0n) is 8.51. The lowest BCUT2D eigenvalue weighted by Gasteiger charge is -1.95. The van der Waals surface area contributed by atoms with Gasteiger partial charge in [-0.2, -0.15) is 5.10 Å². The van der Waals surface area contributed by atoms with Crippen LogP contribution in [0.5, 0.6) is 0 Å². The van der Waals surface area contributed by atoms with Gasteiger partial charge in [-0.25, -0.2) is 9.48 Å². The molecule has 0 radical (unpaired) electrons. The van der Waals surface area contributed by atoms with Crippen LogP contribution in [0.3, 0.4) is 0 Å². The van der Waals surface area contributed by atoms with E-state index < -0.39 is 0 Å². The van der Waals surface area contributed by atoms with Gasteiger partial charge in [-0.05, 0) is 12.1 Å². The second-order valence-corrected chi connectivity index (χ2v) is 3.66. The van der Waals surface area contributed by atoms with Crippen molar-refractivity contribution in [3.8, 4) is 11.3 Å². The summed E-state index contributed by atoms with van der Waals surface area (Å²) in [5.74, 6) is 0.472. The molecule has 1 aromatic heterocycles. The Morgan fingerprint density at radius 1 is 1.38 bits per heavy atom. The van der Waals surface area contributed by atoms with Crippen molar-refractivity contribution in [2.45, 2.75) is 0 Å². The second-order valence-electron chi connectivity index (χ2n) is 3.22. The summed E-state index contributed by atoms with van der Waals surface area (Å²) in [4.78, 5) is 13.7. The summed E-state index contributed by atoms with van der Waals surface area (Å²) in [6, 6.07) is 9.01. The van der Waals surface area contributed by atoms with Crippen LogP contribution in [0.15, 0.2) is 35.3 Å². The van der Waals surface area contributed by atoms with Gasteiger partial charge >= 0.3 is 0 Å². The number of isocyanates is 1. The molecule has 2 rings (SSSR count). The number of aryl methyl sites for hydroxylation is 1. The maximum atomic E-state index is 10.2. The van der Waals surface area contributed by atoms with E-state index in [1.807, 2.05) is 12.1 Å². The van der Waals surface area contributed by atoms with Crippen LogP contribution in [0, 0.1) is 0 Å². The lowest BCUT2D eigenvalue weighted by atomic mass is 10.1. The van der Waals surface area contributed by atoms with Gasteiger partial charge in [0.05, 0.1) is 5.69 Å². The van der Waals surface area contributed by atoms with Crippen molar-refractivity contribution in [2.75, 3.05) is 0 Å². The molecule has 0 saturated heterocycles. The molecule has 1 aromatic carbocycles. The SMILES string of the molecule is Cn1nc(-c2ccc(Cl)cc2)cc1N=C=O. The third-order valence-corrected chi connectivity index (χ3v) is 2.41. The fourth-order valence-electron chi connectivity index (χ4n) is 1.37. The van der Waals surface area contributed by atoms with E-state index in [0.717, 1.165) is 11.3 Å². The highest BCUT2D eigenvalue weighted by Crippen LogP contribution is 2.23. The summed E-state index contributed by atoms with van der Waals surface area (Å²) in [6.07, 6.45) is 1.49. The molecule has 0 aliphatic carbocycles. The molecular formula is C11H8ClN3O. The van der Waals surface area contributed by atoms with Gasteiger partial charge in [-0.3, -0.25) is 0 Å². The van der Waals surface area contributed by atoms with Gasteiger partial charge in [0.2, 0.25) is 6.08 Å². The van der Waals surface area contributed by atoms with Crippen LogP contribution in [0.1, 0.15) is 0 Å². The highest BCUT2D eigenvalue weighted by molar-refractivity contribution is 6.30. The lowest BCUT2D eigenvalue weighted by Crippen LogP contribution is -1.89. The Morgan fingerprint density at radius 3 is 2.69 bits per heavy atom. The van der Waals surface area contributed by atoms with E-state index in [1.165, 1.54) is 10.8 Å². The number of hydrogen-bond acceptors (Lipinski definition) is 3. The number of rotatable bonds is 2. The Labute approximate surface area is 97.2 Å². The Kier molecular flexibility index (Phi) is 2.86. The molecule has 0 aliphatic rings. The van der Waals surface area contributed by atoms with E-state index >= 15 is 0 Å². The Morgan fingerprint density at radius 2 is 2.06 bits per heavy atom. The highest BCUT2D eigenvalue weighted by atomic mass is 35.5. The average Bonchev–Trinajstić information content (AvgIpc) is 2.62. The van der Waals surface area contributed by atoms with Gasteiger partial charge in [0.15, 0.2) is 5.82 Å². The molecular weight excluding hydrogens is 226 g/mol. The van der Waals surface area contributed by atoms with Gasteiger partial charge in [-0.1, -0.05) is 23.7 Å². The minimum atomic E-state index is 0.472. The molecule has 0 amide bonds. The number of nitrogens with zero attached hydrogens (tertiary/aromatic N) is 3. The van der Waals surface area contributed by atoms with Crippen LogP contribution in [0.25, 0.3) is 11.3 Å². The summed E-state index contributed by atoms with van der Waals surface area (Å²) in [5, 5.41) is 4.90. The van der Waals surface area contributed by atoms with Crippen LogP contribution in [0.2, 0.25) is 5.02 Å². The molecule has 0 unspecified atom stereocenters. The van der Waals surface area contributed by atoms with Crippen molar-refractivity contribution in [1.29, 1.82) is 0 Å². The first-order valence-corrected chi connectivity index (χ1v) is 4.96. The first-order valence-electron chi connectivity index (χ1n) is 4.58. The number of hydrogen-bond donors (Lipinski definition) is 0. The molecule has 0 bridgehead atoms. The molecule has 2 aromatic rings. The van der Waals surface area contributed by atoms with Crippen LogP contribution in [-0.4, -0.2) is 15.9 Å². The van der Waals surface area contributed by atoms with Gasteiger partial charge in [0.1, 0.15) is 0 Å². The molecule has 16 heavy (non-hydrogen) atoms. The predicted octanol–water partition coefficient (Wildman–Crippen LogP) is 2.71. The molecule has 0 fully saturated rings. The van der Waals surface area contributed by atoms with E-state index in [4.69, 9.17) is 11.6 Å². The van der Waals surface area contributed by atoms with Crippen molar-refractivity contribution in [3.05, 3.63) is 35.4 Å². The summed E-state index contributed by atoms with van der Waals surface area (Å²) < 4.78 is 1.52. The normalized spacial score (nSPS) is 9.88. The summed E-state index contributed by atoms with van der Waals surface area (Å²) in [6.45, 7) is 0. The van der Waals surface area contributed by atoms with Crippen LogP contribution in [-0.2, 0) is 11.8 Å². The van der Waals surface area contributed by atoms with E-state index in [0.29, 0.717) is 10.8 Å². The smallest absolute Gasteiger partial charge is 0.242 e. The predicted molar refractivity (Wildman–Crippen MR) is 61.4 cm³/mol. The molecule has 4 nitrogen and oxygen atoms in total. The molecule has 0 spiro atoms. The van der Waals surface area contributed by atoms with Crippen molar-refractivity contribution in [2.24, 2.45) is 12.0 Å². The number of halogens is 1. The lowest BCUT2D eigenvalue weighted by molar-refractivity contribution is 0.564. The van der Waals surface area contributed by atoms with Crippen LogP contribution < -0.4 is 0 Å². The monoisotopic (exact) mass is 233 g/mol. The molecule has 0 atom stereocenters. The van der Waals surface area contributed by atoms with E-state index in [9.17, 15) is 4.79 Å². The Bertz CT molecular complexity index is 553. The van der Waals surface area contributed by atoms with Gasteiger partial charge in [-0.15, -0.1) is 4.99 Å². The van der Waals surface area contributed by atoms with E-state index in [2.05, 4.69) is 10.1 Å². The number of carbonyl (C=O) groups excluding carboxylic acids is 1. The average molecular weight is 234 g/mol.